The van der Waals surface area contributed by atoms with Crippen LogP contribution in [0.3, 0.4) is 0 Å². The molecule has 0 saturated carbocycles. The lowest BCUT2D eigenvalue weighted by molar-refractivity contribution is 0.250. The molecule has 2 aromatic carbocycles. The maximum atomic E-state index is 12.6. The van der Waals surface area contributed by atoms with Gasteiger partial charge in [-0.15, -0.1) is 0 Å². The minimum absolute atomic E-state index is 0.291. The third-order valence-corrected chi connectivity index (χ3v) is 4.64. The topological polar surface area (TPSA) is 63.2 Å². The number of pyridine rings is 1. The number of rotatable bonds is 8. The van der Waals surface area contributed by atoms with Gasteiger partial charge in [0.25, 0.3) is 5.76 Å². The fourth-order valence-electron chi connectivity index (χ4n) is 2.47. The molecule has 29 heavy (non-hydrogen) atoms. The standard InChI is InChI=1S/C21H19F2N3O2S/c22-20(23)29-19-6-2-1-5-18(19)26-21(27)25-13-15-7-9-17(10-8-15)28-14-16-4-3-11-24-12-16/h1-12,20H,13-14H2,(H2,25,26,27). The van der Waals surface area contributed by atoms with Crippen LogP contribution in [-0.2, 0) is 13.2 Å². The highest BCUT2D eigenvalue weighted by Crippen LogP contribution is 2.31. The Morgan fingerprint density at radius 1 is 1.03 bits per heavy atom. The molecular formula is C21H19F2N3O2S. The molecule has 0 aliphatic carbocycles. The largest absolute Gasteiger partial charge is 0.489 e. The molecule has 3 aromatic rings. The molecule has 1 heterocycles. The second-order valence-electron chi connectivity index (χ2n) is 5.98. The highest BCUT2D eigenvalue weighted by molar-refractivity contribution is 7.99. The maximum absolute atomic E-state index is 12.6. The number of hydrogen-bond donors (Lipinski definition) is 2. The van der Waals surface area contributed by atoms with Crippen molar-refractivity contribution in [1.29, 1.82) is 0 Å². The number of nitrogens with one attached hydrogen (secondary N) is 2. The minimum atomic E-state index is -2.56. The van der Waals surface area contributed by atoms with Gasteiger partial charge in [0.05, 0.1) is 5.69 Å². The van der Waals surface area contributed by atoms with Gasteiger partial charge in [0.15, 0.2) is 0 Å². The first-order chi connectivity index (χ1) is 14.1. The van der Waals surface area contributed by atoms with Crippen LogP contribution < -0.4 is 15.4 Å². The van der Waals surface area contributed by atoms with Gasteiger partial charge in [0.2, 0.25) is 0 Å². The lowest BCUT2D eigenvalue weighted by Crippen LogP contribution is -2.28. The predicted molar refractivity (Wildman–Crippen MR) is 109 cm³/mol. The number of nitrogens with zero attached hydrogens (tertiary/aromatic N) is 1. The SMILES string of the molecule is O=C(NCc1ccc(OCc2cccnc2)cc1)Nc1ccccc1SC(F)F. The Labute approximate surface area is 171 Å². The Kier molecular flexibility index (Phi) is 7.40. The van der Waals surface area contributed by atoms with Gasteiger partial charge in [-0.05, 0) is 35.9 Å². The van der Waals surface area contributed by atoms with Crippen molar-refractivity contribution in [2.24, 2.45) is 0 Å². The number of benzene rings is 2. The molecule has 8 heteroatoms. The van der Waals surface area contributed by atoms with Gasteiger partial charge in [-0.25, -0.2) is 4.79 Å². The first-order valence-electron chi connectivity index (χ1n) is 8.79. The van der Waals surface area contributed by atoms with Crippen LogP contribution in [-0.4, -0.2) is 16.8 Å². The molecule has 0 aliphatic rings. The molecule has 150 valence electrons. The number of ether oxygens (including phenoxy) is 1. The van der Waals surface area contributed by atoms with Crippen molar-refractivity contribution in [2.75, 3.05) is 5.32 Å². The van der Waals surface area contributed by atoms with Crippen molar-refractivity contribution >= 4 is 23.5 Å². The van der Waals surface area contributed by atoms with E-state index in [1.807, 2.05) is 36.4 Å². The monoisotopic (exact) mass is 415 g/mol. The van der Waals surface area contributed by atoms with E-state index in [9.17, 15) is 13.6 Å². The molecule has 3 rings (SSSR count). The van der Waals surface area contributed by atoms with E-state index in [-0.39, 0.29) is 0 Å². The van der Waals surface area contributed by atoms with Crippen molar-refractivity contribution in [3.05, 3.63) is 84.2 Å². The van der Waals surface area contributed by atoms with Crippen LogP contribution in [0.1, 0.15) is 11.1 Å². The summed E-state index contributed by atoms with van der Waals surface area (Å²) >= 11 is 0.392. The van der Waals surface area contributed by atoms with Gasteiger partial charge in [0, 0.05) is 29.4 Å². The van der Waals surface area contributed by atoms with Gasteiger partial charge in [-0.2, -0.15) is 8.78 Å². The number of para-hydroxylation sites is 1. The van der Waals surface area contributed by atoms with E-state index in [0.29, 0.717) is 41.2 Å². The fourth-order valence-corrected chi connectivity index (χ4v) is 3.07. The van der Waals surface area contributed by atoms with Gasteiger partial charge >= 0.3 is 6.03 Å². The number of hydrogen-bond acceptors (Lipinski definition) is 4. The average molecular weight is 415 g/mol. The highest BCUT2D eigenvalue weighted by atomic mass is 32.2. The van der Waals surface area contributed by atoms with E-state index in [0.717, 1.165) is 11.1 Å². The second kappa shape index (κ2) is 10.4. The first-order valence-corrected chi connectivity index (χ1v) is 9.67. The number of halogens is 2. The van der Waals surface area contributed by atoms with Crippen LogP contribution in [0.4, 0.5) is 19.3 Å². The Bertz CT molecular complexity index is 925. The summed E-state index contributed by atoms with van der Waals surface area (Å²) in [5.74, 6) is -1.85. The van der Waals surface area contributed by atoms with Gasteiger partial charge in [0.1, 0.15) is 12.4 Å². The first kappa shape index (κ1) is 20.6. The Hall–Kier alpha value is -3.13. The highest BCUT2D eigenvalue weighted by Gasteiger charge is 2.11. The molecule has 0 spiro atoms. The average Bonchev–Trinajstić information content (AvgIpc) is 2.73. The number of urea groups is 1. The van der Waals surface area contributed by atoms with Crippen LogP contribution in [0.2, 0.25) is 0 Å². The molecular weight excluding hydrogens is 396 g/mol. The molecule has 2 amide bonds. The molecule has 0 radical (unpaired) electrons. The normalized spacial score (nSPS) is 10.6. The third-order valence-electron chi connectivity index (χ3n) is 3.86. The van der Waals surface area contributed by atoms with Crippen LogP contribution >= 0.6 is 11.8 Å². The zero-order valence-electron chi connectivity index (χ0n) is 15.3. The smallest absolute Gasteiger partial charge is 0.319 e. The molecule has 0 bridgehead atoms. The number of carbonyl (C=O) groups excluding carboxylic acids is 1. The van der Waals surface area contributed by atoms with Crippen molar-refractivity contribution in [3.63, 3.8) is 0 Å². The summed E-state index contributed by atoms with van der Waals surface area (Å²) in [6.07, 6.45) is 3.45. The summed E-state index contributed by atoms with van der Waals surface area (Å²) in [6.45, 7) is 0.711. The predicted octanol–water partition coefficient (Wildman–Crippen LogP) is 5.30. The molecule has 0 atom stereocenters. The Morgan fingerprint density at radius 3 is 2.55 bits per heavy atom. The molecule has 0 aliphatic heterocycles. The second-order valence-corrected chi connectivity index (χ2v) is 7.01. The number of alkyl halides is 2. The van der Waals surface area contributed by atoms with Crippen molar-refractivity contribution in [2.45, 2.75) is 23.8 Å². The summed E-state index contributed by atoms with van der Waals surface area (Å²) < 4.78 is 30.9. The van der Waals surface area contributed by atoms with Crippen molar-refractivity contribution < 1.29 is 18.3 Å². The maximum Gasteiger partial charge on any atom is 0.319 e. The van der Waals surface area contributed by atoms with E-state index in [4.69, 9.17) is 4.74 Å². The lowest BCUT2D eigenvalue weighted by Gasteiger charge is -2.12. The minimum Gasteiger partial charge on any atom is -0.489 e. The Morgan fingerprint density at radius 2 is 1.83 bits per heavy atom. The molecule has 2 N–H and O–H groups in total. The molecule has 0 saturated heterocycles. The van der Waals surface area contributed by atoms with Crippen LogP contribution in [0.25, 0.3) is 0 Å². The number of anilines is 1. The van der Waals surface area contributed by atoms with E-state index in [2.05, 4.69) is 15.6 Å². The van der Waals surface area contributed by atoms with Gasteiger partial charge < -0.3 is 15.4 Å². The fraction of sp³-hybridized carbons (Fsp3) is 0.143. The summed E-state index contributed by atoms with van der Waals surface area (Å²) in [6, 6.07) is 17.1. The zero-order valence-corrected chi connectivity index (χ0v) is 16.2. The van der Waals surface area contributed by atoms with E-state index < -0.39 is 11.8 Å². The lowest BCUT2D eigenvalue weighted by atomic mass is 10.2. The number of amides is 2. The van der Waals surface area contributed by atoms with Crippen LogP contribution in [0.15, 0.2) is 78.0 Å². The summed E-state index contributed by atoms with van der Waals surface area (Å²) in [4.78, 5) is 16.4. The summed E-state index contributed by atoms with van der Waals surface area (Å²) in [5.41, 5.74) is 2.19. The quantitative estimate of drug-likeness (QED) is 0.490. The van der Waals surface area contributed by atoms with E-state index >= 15 is 0 Å². The zero-order chi connectivity index (χ0) is 20.5. The molecule has 1 aromatic heterocycles. The summed E-state index contributed by atoms with van der Waals surface area (Å²) in [5, 5.41) is 5.31. The number of aromatic nitrogens is 1. The van der Waals surface area contributed by atoms with Crippen LogP contribution in [0.5, 0.6) is 5.75 Å². The van der Waals surface area contributed by atoms with Crippen molar-refractivity contribution in [1.82, 2.24) is 10.3 Å². The molecule has 5 nitrogen and oxygen atoms in total. The van der Waals surface area contributed by atoms with Crippen molar-refractivity contribution in [3.8, 4) is 5.75 Å². The Balaban J connectivity index is 1.48. The van der Waals surface area contributed by atoms with Crippen LogP contribution in [0, 0.1) is 0 Å². The van der Waals surface area contributed by atoms with E-state index in [1.54, 1.807) is 30.6 Å². The summed E-state index contributed by atoms with van der Waals surface area (Å²) in [7, 11) is 0. The van der Waals surface area contributed by atoms with Gasteiger partial charge in [-0.3, -0.25) is 4.98 Å². The number of thioether (sulfide) groups is 1. The molecule has 0 fully saturated rings. The number of carbonyl (C=O) groups is 1. The van der Waals surface area contributed by atoms with E-state index in [1.165, 1.54) is 6.07 Å². The third kappa shape index (κ3) is 6.76. The van der Waals surface area contributed by atoms with Gasteiger partial charge in [-0.1, -0.05) is 42.1 Å². The molecule has 0 unspecified atom stereocenters.